The fourth-order valence-corrected chi connectivity index (χ4v) is 3.65. The Hall–Kier alpha value is -3.04. The first-order valence-electron chi connectivity index (χ1n) is 8.40. The molecule has 1 aliphatic rings. The molecule has 0 aromatic heterocycles. The SMILES string of the molecule is C=CCN1C(=O)COc2ccc(C(=O)CSCc3cccc(C#N)c3)cc21. The van der Waals surface area contributed by atoms with Crippen LogP contribution in [-0.4, -0.2) is 30.6 Å². The first kappa shape index (κ1) is 18.7. The topological polar surface area (TPSA) is 70.4 Å². The number of Topliss-reactive ketones (excluding diaryl/α,β-unsaturated/α-hetero) is 1. The Morgan fingerprint density at radius 3 is 2.96 bits per heavy atom. The van der Waals surface area contributed by atoms with E-state index in [0.717, 1.165) is 5.56 Å². The highest BCUT2D eigenvalue weighted by atomic mass is 32.2. The van der Waals surface area contributed by atoms with Crippen LogP contribution in [0.1, 0.15) is 21.5 Å². The summed E-state index contributed by atoms with van der Waals surface area (Å²) in [5.41, 5.74) is 2.76. The largest absolute Gasteiger partial charge is 0.482 e. The predicted octanol–water partition coefficient (Wildman–Crippen LogP) is 3.59. The molecule has 2 aromatic carbocycles. The molecule has 0 spiro atoms. The number of nitriles is 1. The van der Waals surface area contributed by atoms with Gasteiger partial charge in [0.15, 0.2) is 12.4 Å². The maximum atomic E-state index is 12.6. The molecule has 3 rings (SSSR count). The van der Waals surface area contributed by atoms with E-state index in [0.29, 0.717) is 40.6 Å². The third-order valence-corrected chi connectivity index (χ3v) is 5.10. The summed E-state index contributed by atoms with van der Waals surface area (Å²) in [5.74, 6) is 1.38. The zero-order valence-corrected chi connectivity index (χ0v) is 15.5. The molecule has 0 unspecified atom stereocenters. The van der Waals surface area contributed by atoms with Gasteiger partial charge in [0.05, 0.1) is 23.1 Å². The summed E-state index contributed by atoms with van der Waals surface area (Å²) >= 11 is 1.49. The Labute approximate surface area is 162 Å². The van der Waals surface area contributed by atoms with E-state index >= 15 is 0 Å². The molecule has 6 heteroatoms. The summed E-state index contributed by atoms with van der Waals surface area (Å²) in [6.45, 7) is 4.04. The molecule has 0 saturated carbocycles. The lowest BCUT2D eigenvalue weighted by Crippen LogP contribution is -2.38. The predicted molar refractivity (Wildman–Crippen MR) is 106 cm³/mol. The third kappa shape index (κ3) is 4.39. The zero-order valence-electron chi connectivity index (χ0n) is 14.7. The van der Waals surface area contributed by atoms with Crippen LogP contribution in [0.25, 0.3) is 0 Å². The highest BCUT2D eigenvalue weighted by Gasteiger charge is 2.25. The molecule has 27 heavy (non-hydrogen) atoms. The zero-order chi connectivity index (χ0) is 19.2. The van der Waals surface area contributed by atoms with E-state index < -0.39 is 0 Å². The summed E-state index contributed by atoms with van der Waals surface area (Å²) < 4.78 is 5.44. The minimum atomic E-state index is -0.154. The molecule has 0 fully saturated rings. The maximum absolute atomic E-state index is 12.6. The molecule has 1 amide bonds. The van der Waals surface area contributed by atoms with Crippen molar-refractivity contribution < 1.29 is 14.3 Å². The number of ether oxygens (including phenoxy) is 1. The standard InChI is InChI=1S/C21H18N2O3S/c1-2-8-23-18-10-17(6-7-20(18)26-12-21(23)25)19(24)14-27-13-16-5-3-4-15(9-16)11-22/h2-7,9-10H,1,8,12-14H2. The van der Waals surface area contributed by atoms with Crippen molar-refractivity contribution in [3.05, 3.63) is 71.8 Å². The Morgan fingerprint density at radius 2 is 2.19 bits per heavy atom. The van der Waals surface area contributed by atoms with Crippen LogP contribution in [0, 0.1) is 11.3 Å². The second-order valence-corrected chi connectivity index (χ2v) is 6.98. The third-order valence-electron chi connectivity index (χ3n) is 4.09. The smallest absolute Gasteiger partial charge is 0.265 e. The van der Waals surface area contributed by atoms with Crippen LogP contribution in [0.5, 0.6) is 5.75 Å². The van der Waals surface area contributed by atoms with Crippen molar-refractivity contribution in [2.24, 2.45) is 0 Å². The minimum Gasteiger partial charge on any atom is -0.482 e. The van der Waals surface area contributed by atoms with Crippen molar-refractivity contribution in [3.8, 4) is 11.8 Å². The van der Waals surface area contributed by atoms with Gasteiger partial charge in [-0.3, -0.25) is 9.59 Å². The highest BCUT2D eigenvalue weighted by Crippen LogP contribution is 2.33. The number of fused-ring (bicyclic) bond motifs is 1. The van der Waals surface area contributed by atoms with Gasteiger partial charge >= 0.3 is 0 Å². The lowest BCUT2D eigenvalue weighted by molar-refractivity contribution is -0.121. The van der Waals surface area contributed by atoms with E-state index in [-0.39, 0.29) is 18.3 Å². The van der Waals surface area contributed by atoms with Crippen LogP contribution in [0.2, 0.25) is 0 Å². The Balaban J connectivity index is 1.67. The number of anilines is 1. The molecule has 0 radical (unpaired) electrons. The minimum absolute atomic E-state index is 0.00819. The van der Waals surface area contributed by atoms with Crippen molar-refractivity contribution in [3.63, 3.8) is 0 Å². The van der Waals surface area contributed by atoms with Gasteiger partial charge in [-0.1, -0.05) is 18.2 Å². The van der Waals surface area contributed by atoms with E-state index in [2.05, 4.69) is 12.6 Å². The summed E-state index contributed by atoms with van der Waals surface area (Å²) in [5, 5.41) is 8.94. The van der Waals surface area contributed by atoms with Crippen LogP contribution >= 0.6 is 11.8 Å². The first-order valence-corrected chi connectivity index (χ1v) is 9.56. The first-order chi connectivity index (χ1) is 13.1. The number of rotatable bonds is 7. The molecule has 0 aliphatic carbocycles. The van der Waals surface area contributed by atoms with Crippen molar-refractivity contribution in [1.82, 2.24) is 0 Å². The van der Waals surface area contributed by atoms with E-state index in [1.165, 1.54) is 11.8 Å². The quantitative estimate of drug-likeness (QED) is 0.544. The van der Waals surface area contributed by atoms with Gasteiger partial charge in [-0.15, -0.1) is 18.3 Å². The number of thioether (sulfide) groups is 1. The van der Waals surface area contributed by atoms with Gasteiger partial charge in [0, 0.05) is 17.9 Å². The lowest BCUT2D eigenvalue weighted by Gasteiger charge is -2.28. The molecule has 0 atom stereocenters. The van der Waals surface area contributed by atoms with E-state index in [9.17, 15) is 9.59 Å². The molecule has 1 aliphatic heterocycles. The summed E-state index contributed by atoms with van der Waals surface area (Å²) in [4.78, 5) is 26.2. The second kappa shape index (κ2) is 8.56. The fourth-order valence-electron chi connectivity index (χ4n) is 2.78. The number of benzene rings is 2. The monoisotopic (exact) mass is 378 g/mol. The van der Waals surface area contributed by atoms with Crippen LogP contribution < -0.4 is 9.64 Å². The number of carbonyl (C=O) groups is 2. The van der Waals surface area contributed by atoms with E-state index in [1.807, 2.05) is 18.2 Å². The van der Waals surface area contributed by atoms with E-state index in [1.54, 1.807) is 35.2 Å². The molecule has 0 bridgehead atoms. The normalized spacial score (nSPS) is 12.7. The van der Waals surface area contributed by atoms with Gasteiger partial charge in [0.25, 0.3) is 5.91 Å². The number of carbonyl (C=O) groups excluding carboxylic acids is 2. The van der Waals surface area contributed by atoms with Crippen LogP contribution in [-0.2, 0) is 10.5 Å². The molecular weight excluding hydrogens is 360 g/mol. The molecule has 0 N–H and O–H groups in total. The average Bonchev–Trinajstić information content (AvgIpc) is 2.70. The summed E-state index contributed by atoms with van der Waals surface area (Å²) in [7, 11) is 0. The molecule has 0 saturated heterocycles. The van der Waals surface area contributed by atoms with Crippen LogP contribution in [0.3, 0.4) is 0 Å². The van der Waals surface area contributed by atoms with Gasteiger partial charge in [-0.2, -0.15) is 5.26 Å². The average molecular weight is 378 g/mol. The summed E-state index contributed by atoms with van der Waals surface area (Å²) in [6.07, 6.45) is 1.65. The van der Waals surface area contributed by atoms with E-state index in [4.69, 9.17) is 10.00 Å². The fraction of sp³-hybridized carbons (Fsp3) is 0.190. The Bertz CT molecular complexity index is 933. The summed E-state index contributed by atoms with van der Waals surface area (Å²) in [6, 6.07) is 14.6. The number of nitrogens with zero attached hydrogens (tertiary/aromatic N) is 2. The van der Waals surface area contributed by atoms with Crippen LogP contribution in [0.4, 0.5) is 5.69 Å². The Kier molecular flexibility index (Phi) is 5.94. The number of hydrogen-bond acceptors (Lipinski definition) is 5. The van der Waals surface area contributed by atoms with Gasteiger partial charge < -0.3 is 9.64 Å². The highest BCUT2D eigenvalue weighted by molar-refractivity contribution is 7.99. The molecule has 2 aromatic rings. The van der Waals surface area contributed by atoms with Gasteiger partial charge in [-0.05, 0) is 35.9 Å². The Morgan fingerprint density at radius 1 is 1.33 bits per heavy atom. The van der Waals surface area contributed by atoms with Gasteiger partial charge in [-0.25, -0.2) is 0 Å². The molecule has 1 heterocycles. The maximum Gasteiger partial charge on any atom is 0.265 e. The second-order valence-electron chi connectivity index (χ2n) is 5.99. The van der Waals surface area contributed by atoms with Crippen LogP contribution in [0.15, 0.2) is 55.1 Å². The number of ketones is 1. The van der Waals surface area contributed by atoms with Crippen molar-refractivity contribution >= 4 is 29.1 Å². The molecule has 136 valence electrons. The van der Waals surface area contributed by atoms with Gasteiger partial charge in [0.2, 0.25) is 0 Å². The molecular formula is C21H18N2O3S. The molecule has 5 nitrogen and oxygen atoms in total. The number of amides is 1. The number of hydrogen-bond donors (Lipinski definition) is 0. The van der Waals surface area contributed by atoms with Crippen molar-refractivity contribution in [1.29, 1.82) is 5.26 Å². The van der Waals surface area contributed by atoms with Crippen molar-refractivity contribution in [2.75, 3.05) is 23.8 Å². The van der Waals surface area contributed by atoms with Gasteiger partial charge in [0.1, 0.15) is 5.75 Å². The van der Waals surface area contributed by atoms with Crippen molar-refractivity contribution in [2.45, 2.75) is 5.75 Å². The lowest BCUT2D eigenvalue weighted by atomic mass is 10.1.